The molecule has 1 aromatic heterocycles. The van der Waals surface area contributed by atoms with Crippen LogP contribution in [0.1, 0.15) is 50.3 Å². The van der Waals surface area contributed by atoms with Gasteiger partial charge in [0.25, 0.3) is 0 Å². The predicted octanol–water partition coefficient (Wildman–Crippen LogP) is -1.35. The van der Waals surface area contributed by atoms with E-state index in [4.69, 9.17) is 17.2 Å². The van der Waals surface area contributed by atoms with Gasteiger partial charge in [0.05, 0.1) is 12.6 Å². The molecule has 68 heavy (non-hydrogen) atoms. The van der Waals surface area contributed by atoms with Crippen LogP contribution in [0.25, 0.3) is 10.9 Å². The van der Waals surface area contributed by atoms with Gasteiger partial charge in [0.1, 0.15) is 47.8 Å². The first-order valence-electron chi connectivity index (χ1n) is 21.8. The fourth-order valence-corrected chi connectivity index (χ4v) is 6.89. The molecule has 22 heteroatoms. The third kappa shape index (κ3) is 16.0. The highest BCUT2D eigenvalue weighted by molar-refractivity contribution is 5.97. The van der Waals surface area contributed by atoms with E-state index in [1.165, 1.54) is 55.5 Å². The Bertz CT molecular complexity index is 2400. The molecule has 0 aliphatic rings. The molecule has 0 unspecified atom stereocenters. The van der Waals surface area contributed by atoms with Gasteiger partial charge in [-0.15, -0.1) is 0 Å². The van der Waals surface area contributed by atoms with Crippen molar-refractivity contribution >= 4 is 58.3 Å². The lowest BCUT2D eigenvalue weighted by Gasteiger charge is -2.27. The molecule has 0 saturated heterocycles. The van der Waals surface area contributed by atoms with Crippen molar-refractivity contribution in [1.82, 2.24) is 36.9 Å². The molecule has 0 spiro atoms. The van der Waals surface area contributed by atoms with Crippen LogP contribution in [0.2, 0.25) is 0 Å². The van der Waals surface area contributed by atoms with Gasteiger partial charge in [0.2, 0.25) is 35.4 Å². The number of carbonyl (C=O) groups is 7. The summed E-state index contributed by atoms with van der Waals surface area (Å²) in [6.45, 7) is 3.81. The van der Waals surface area contributed by atoms with Crippen LogP contribution in [0, 0.1) is 5.92 Å². The fraction of sp³-hybridized carbons (Fsp3) is 0.391. The van der Waals surface area contributed by atoms with Crippen LogP contribution in [-0.4, -0.2) is 128 Å². The predicted molar refractivity (Wildman–Crippen MR) is 250 cm³/mol. The highest BCUT2D eigenvalue weighted by Gasteiger charge is 2.34. The number of benzene rings is 3. The Hall–Kier alpha value is -7.72. The minimum absolute atomic E-state index is 0.0361. The van der Waals surface area contributed by atoms with E-state index in [9.17, 15) is 54.0 Å². The second-order valence-electron chi connectivity index (χ2n) is 16.6. The van der Waals surface area contributed by atoms with Crippen molar-refractivity contribution in [2.75, 3.05) is 13.2 Å². The van der Waals surface area contributed by atoms with Crippen molar-refractivity contribution in [2.24, 2.45) is 28.1 Å². The quantitative estimate of drug-likeness (QED) is 0.0208. The Balaban J connectivity index is 1.71. The maximum atomic E-state index is 14.6. The molecule has 0 bridgehead atoms. The number of amides is 6. The number of rotatable bonds is 25. The van der Waals surface area contributed by atoms with E-state index in [-0.39, 0.29) is 62.0 Å². The van der Waals surface area contributed by atoms with E-state index in [2.05, 4.69) is 41.9 Å². The molecule has 6 amide bonds. The molecule has 4 aromatic rings. The fourth-order valence-electron chi connectivity index (χ4n) is 6.89. The van der Waals surface area contributed by atoms with Crippen molar-refractivity contribution in [3.05, 3.63) is 95.7 Å². The number of nitrogens with two attached hydrogens (primary N) is 3. The van der Waals surface area contributed by atoms with Gasteiger partial charge in [-0.2, -0.15) is 0 Å². The molecule has 366 valence electrons. The molecular formula is C46H61N11O11. The van der Waals surface area contributed by atoms with Gasteiger partial charge in [-0.3, -0.25) is 38.6 Å². The molecule has 7 atom stereocenters. The summed E-state index contributed by atoms with van der Waals surface area (Å²) in [5.74, 6) is -7.16. The Labute approximate surface area is 391 Å². The zero-order valence-corrected chi connectivity index (χ0v) is 37.9. The zero-order chi connectivity index (χ0) is 50.1. The molecule has 0 radical (unpaired) electrons. The summed E-state index contributed by atoms with van der Waals surface area (Å²) in [6, 6.07) is 9.11. The maximum absolute atomic E-state index is 14.6. The summed E-state index contributed by atoms with van der Waals surface area (Å²) in [6.07, 6.45) is 1.16. The van der Waals surface area contributed by atoms with Gasteiger partial charge < -0.3 is 74.5 Å². The van der Waals surface area contributed by atoms with E-state index in [0.29, 0.717) is 22.1 Å². The number of nitrogens with one attached hydrogen (secondary N) is 7. The topological polar surface area (TPSA) is 379 Å². The first-order valence-corrected chi connectivity index (χ1v) is 21.8. The van der Waals surface area contributed by atoms with Crippen LogP contribution in [-0.2, 0) is 52.8 Å². The molecule has 0 aliphatic carbocycles. The number of carbonyl (C=O) groups excluding carboxylic acids is 6. The van der Waals surface area contributed by atoms with Crippen molar-refractivity contribution < 1.29 is 54.0 Å². The average Bonchev–Trinajstić information content (AvgIpc) is 3.71. The first kappa shape index (κ1) is 52.9. The normalized spacial score (nSPS) is 14.2. The summed E-state index contributed by atoms with van der Waals surface area (Å²) >= 11 is 0. The van der Waals surface area contributed by atoms with E-state index in [0.717, 1.165) is 5.52 Å². The molecule has 4 rings (SSSR count). The number of phenols is 2. The first-order chi connectivity index (χ1) is 32.3. The van der Waals surface area contributed by atoms with Gasteiger partial charge in [-0.1, -0.05) is 56.3 Å². The number of carboxylic acid groups (broad SMARTS) is 1. The van der Waals surface area contributed by atoms with Crippen LogP contribution in [0.3, 0.4) is 0 Å². The number of para-hydroxylation sites is 1. The number of guanidine groups is 1. The van der Waals surface area contributed by atoms with Gasteiger partial charge in [0, 0.05) is 42.9 Å². The number of nitrogens with zero attached hydrogens (tertiary/aromatic N) is 1. The van der Waals surface area contributed by atoms with Gasteiger partial charge >= 0.3 is 5.97 Å². The number of aliphatic hydroxyl groups excluding tert-OH is 1. The number of hydrogen-bond acceptors (Lipinski definition) is 12. The average molecular weight is 944 g/mol. The van der Waals surface area contributed by atoms with Crippen LogP contribution in [0.5, 0.6) is 11.5 Å². The molecule has 0 fully saturated rings. The van der Waals surface area contributed by atoms with Crippen LogP contribution in [0.4, 0.5) is 0 Å². The third-order valence-corrected chi connectivity index (χ3v) is 10.9. The molecule has 3 aromatic carbocycles. The van der Waals surface area contributed by atoms with Crippen LogP contribution < -0.4 is 49.1 Å². The lowest BCUT2D eigenvalue weighted by molar-refractivity contribution is -0.141. The number of fused-ring (bicyclic) bond motifs is 1. The van der Waals surface area contributed by atoms with Gasteiger partial charge in [0.15, 0.2) is 5.96 Å². The molecule has 17 N–H and O–H groups in total. The molecular weight excluding hydrogens is 883 g/mol. The Morgan fingerprint density at radius 2 is 1.07 bits per heavy atom. The number of phenolic OH excluding ortho intramolecular Hbond substituents is 2. The number of aliphatic carboxylic acids is 1. The number of carboxylic acids is 1. The monoisotopic (exact) mass is 943 g/mol. The Kier molecular flexibility index (Phi) is 19.7. The number of aromatic amines is 1. The standard InChI is InChI=1S/C46H61N11O11/c1-24(2)38(47)44(66)57-37(23-58)43(65)53-33(9-6-18-50-46(48)49)39(61)54-35(20-27-12-16-30(60)17-13-27)41(63)56-36(21-28-22-51-32-8-5-4-7-31(28)32)42(64)55-34(40(62)52-25(3)45(67)68)19-26-10-14-29(59)15-11-26/h4-5,7-8,10-17,22,24-25,33-38,51,58-60H,6,9,18-21,23,47H2,1-3H3,(H,52,62)(H,53,65)(H,54,61)(H,55,64)(H,56,63)(H,57,66)(H,67,68)(H4,48,49,50)/t25-,33-,34-,35-,36-,37-,38-/m0/s1. The lowest BCUT2D eigenvalue weighted by Crippen LogP contribution is -2.61. The number of aliphatic hydroxyl groups is 1. The number of hydrogen-bond donors (Lipinski definition) is 14. The zero-order valence-electron chi connectivity index (χ0n) is 37.9. The van der Waals surface area contributed by atoms with Crippen LogP contribution in [0.15, 0.2) is 84.0 Å². The number of aliphatic imine (C=N–C) groups is 1. The van der Waals surface area contributed by atoms with Crippen molar-refractivity contribution in [3.63, 3.8) is 0 Å². The smallest absolute Gasteiger partial charge is 0.325 e. The SMILES string of the molecule is CC(C)[C@H](N)C(=O)N[C@@H](CO)C(=O)N[C@@H](CCCN=C(N)N)C(=O)N[C@@H](Cc1ccc(O)cc1)C(=O)N[C@@H](Cc1c[nH]c2ccccc12)C(=O)N[C@@H](Cc1ccc(O)cc1)C(=O)N[C@@H](C)C(=O)O. The summed E-state index contributed by atoms with van der Waals surface area (Å²) in [4.78, 5) is 102. The highest BCUT2D eigenvalue weighted by atomic mass is 16.4. The van der Waals surface area contributed by atoms with Gasteiger partial charge in [-0.05, 0) is 72.7 Å². The Morgan fingerprint density at radius 3 is 1.57 bits per heavy atom. The van der Waals surface area contributed by atoms with E-state index in [1.54, 1.807) is 44.3 Å². The number of H-pyrrole nitrogens is 1. The molecule has 1 heterocycles. The van der Waals surface area contributed by atoms with Crippen LogP contribution >= 0.6 is 0 Å². The molecule has 0 aliphatic heterocycles. The minimum Gasteiger partial charge on any atom is -0.508 e. The molecule has 0 saturated carbocycles. The lowest BCUT2D eigenvalue weighted by atomic mass is 10.00. The van der Waals surface area contributed by atoms with E-state index in [1.807, 2.05) is 0 Å². The third-order valence-electron chi connectivity index (χ3n) is 10.9. The summed E-state index contributed by atoms with van der Waals surface area (Å²) < 4.78 is 0. The Morgan fingerprint density at radius 1 is 0.618 bits per heavy atom. The van der Waals surface area contributed by atoms with E-state index < -0.39 is 90.3 Å². The number of aromatic hydroxyl groups is 2. The second-order valence-corrected chi connectivity index (χ2v) is 16.6. The largest absolute Gasteiger partial charge is 0.508 e. The van der Waals surface area contributed by atoms with Crippen molar-refractivity contribution in [2.45, 2.75) is 95.2 Å². The summed E-state index contributed by atoms with van der Waals surface area (Å²) in [7, 11) is 0. The summed E-state index contributed by atoms with van der Waals surface area (Å²) in [5.41, 5.74) is 19.2. The summed E-state index contributed by atoms with van der Waals surface area (Å²) in [5, 5.41) is 55.5. The maximum Gasteiger partial charge on any atom is 0.325 e. The van der Waals surface area contributed by atoms with E-state index >= 15 is 0 Å². The van der Waals surface area contributed by atoms with Crippen molar-refractivity contribution in [1.29, 1.82) is 0 Å². The highest BCUT2D eigenvalue weighted by Crippen LogP contribution is 2.20. The number of aromatic nitrogens is 1. The van der Waals surface area contributed by atoms with Crippen molar-refractivity contribution in [3.8, 4) is 11.5 Å². The minimum atomic E-state index is -1.52. The molecule has 22 nitrogen and oxygen atoms in total. The van der Waals surface area contributed by atoms with Gasteiger partial charge in [-0.25, -0.2) is 0 Å². The second kappa shape index (κ2) is 25.3.